The molecule has 3 rings (SSSR count). The molecule has 0 saturated carbocycles. The number of alkyl halides is 3. The van der Waals surface area contributed by atoms with Crippen LogP contribution in [0.3, 0.4) is 0 Å². The summed E-state index contributed by atoms with van der Waals surface area (Å²) in [7, 11) is 0. The lowest BCUT2D eigenvalue weighted by molar-refractivity contribution is -0.159. The second kappa shape index (κ2) is 6.52. The van der Waals surface area contributed by atoms with Crippen LogP contribution < -0.4 is 10.3 Å². The molecule has 0 fully saturated rings. The summed E-state index contributed by atoms with van der Waals surface area (Å²) in [5.74, 6) is -0.701. The summed E-state index contributed by atoms with van der Waals surface area (Å²) in [6, 6.07) is 7.05. The quantitative estimate of drug-likeness (QED) is 0.625. The highest BCUT2D eigenvalue weighted by molar-refractivity contribution is 5.82. The van der Waals surface area contributed by atoms with Gasteiger partial charge in [-0.1, -0.05) is 6.07 Å². The molecule has 1 amide bonds. The average molecular weight is 394 g/mol. The Kier molecular flexibility index (Phi) is 4.58. The smallest absolute Gasteiger partial charge is 0.416 e. The molecule has 1 aliphatic rings. The number of halogens is 3. The number of pyridine rings is 1. The van der Waals surface area contributed by atoms with E-state index >= 15 is 0 Å². The van der Waals surface area contributed by atoms with E-state index in [0.717, 1.165) is 29.7 Å². The maximum absolute atomic E-state index is 13.3. The minimum atomic E-state index is -4.63. The molecule has 0 saturated heterocycles. The summed E-state index contributed by atoms with van der Waals surface area (Å²) in [6.45, 7) is 4.14. The number of hydrogen-bond donors (Lipinski definition) is 1. The number of hydroxylamine groups is 2. The van der Waals surface area contributed by atoms with E-state index in [4.69, 9.17) is 4.74 Å². The Morgan fingerprint density at radius 3 is 2.46 bits per heavy atom. The van der Waals surface area contributed by atoms with Crippen LogP contribution in [-0.2, 0) is 11.0 Å². The van der Waals surface area contributed by atoms with Crippen molar-refractivity contribution in [2.24, 2.45) is 0 Å². The summed E-state index contributed by atoms with van der Waals surface area (Å²) in [5, 5.41) is 10.7. The Labute approximate surface area is 158 Å². The fourth-order valence-electron chi connectivity index (χ4n) is 3.09. The Bertz CT molecular complexity index is 1040. The van der Waals surface area contributed by atoms with Gasteiger partial charge in [-0.25, -0.2) is 0 Å². The van der Waals surface area contributed by atoms with Gasteiger partial charge in [0, 0.05) is 24.8 Å². The Morgan fingerprint density at radius 1 is 1.21 bits per heavy atom. The largest absolute Gasteiger partial charge is 0.481 e. The van der Waals surface area contributed by atoms with E-state index in [1.54, 1.807) is 0 Å². The van der Waals surface area contributed by atoms with Gasteiger partial charge in [0.1, 0.15) is 17.0 Å². The molecule has 0 spiro atoms. The summed E-state index contributed by atoms with van der Waals surface area (Å²) in [6.07, 6.45) is -3.29. The molecule has 2 heterocycles. The van der Waals surface area contributed by atoms with E-state index in [1.807, 2.05) is 0 Å². The van der Waals surface area contributed by atoms with Crippen LogP contribution in [-0.4, -0.2) is 26.3 Å². The molecular weight excluding hydrogens is 377 g/mol. The molecule has 0 bridgehead atoms. The first-order valence-corrected chi connectivity index (χ1v) is 8.26. The normalized spacial score (nSPS) is 15.7. The zero-order valence-corrected chi connectivity index (χ0v) is 15.2. The van der Waals surface area contributed by atoms with Crippen molar-refractivity contribution in [1.29, 1.82) is 0 Å². The number of benzene rings is 1. The van der Waals surface area contributed by atoms with Gasteiger partial charge in [0.25, 0.3) is 5.56 Å². The van der Waals surface area contributed by atoms with Gasteiger partial charge in [-0.2, -0.15) is 18.2 Å². The van der Waals surface area contributed by atoms with Gasteiger partial charge in [0.15, 0.2) is 0 Å². The third-order valence-electron chi connectivity index (χ3n) is 4.30. The zero-order chi connectivity index (χ0) is 20.9. The highest BCUT2D eigenvalue weighted by Crippen LogP contribution is 2.44. The van der Waals surface area contributed by atoms with Crippen molar-refractivity contribution >= 4 is 11.6 Å². The molecule has 6 nitrogen and oxygen atoms in total. The van der Waals surface area contributed by atoms with Gasteiger partial charge >= 0.3 is 6.18 Å². The van der Waals surface area contributed by atoms with Crippen molar-refractivity contribution in [3.8, 4) is 5.75 Å². The van der Waals surface area contributed by atoms with Crippen molar-refractivity contribution in [2.75, 3.05) is 0 Å². The summed E-state index contributed by atoms with van der Waals surface area (Å²) in [4.78, 5) is 24.3. The third kappa shape index (κ3) is 3.29. The highest BCUT2D eigenvalue weighted by atomic mass is 19.4. The molecule has 28 heavy (non-hydrogen) atoms. The fourth-order valence-corrected chi connectivity index (χ4v) is 3.09. The molecule has 0 aliphatic carbocycles. The second-order valence-electron chi connectivity index (χ2n) is 6.76. The van der Waals surface area contributed by atoms with Crippen LogP contribution in [0, 0.1) is 0 Å². The van der Waals surface area contributed by atoms with Gasteiger partial charge in [-0.3, -0.25) is 19.4 Å². The second-order valence-corrected chi connectivity index (χ2v) is 6.76. The molecule has 1 N–H and O–H groups in total. The first-order chi connectivity index (χ1) is 12.9. The van der Waals surface area contributed by atoms with Gasteiger partial charge in [-0.05, 0) is 38.1 Å². The Balaban J connectivity index is 2.45. The zero-order valence-electron chi connectivity index (χ0n) is 15.2. The number of hydrogen-bond acceptors (Lipinski definition) is 4. The maximum atomic E-state index is 13.3. The molecule has 148 valence electrons. The number of nitrogens with zero attached hydrogens (tertiary/aromatic N) is 2. The third-order valence-corrected chi connectivity index (χ3v) is 4.30. The van der Waals surface area contributed by atoms with E-state index < -0.39 is 28.8 Å². The minimum absolute atomic E-state index is 0.0688. The first-order valence-electron chi connectivity index (χ1n) is 8.26. The van der Waals surface area contributed by atoms with Crippen LogP contribution in [0.4, 0.5) is 13.2 Å². The van der Waals surface area contributed by atoms with Gasteiger partial charge in [0.2, 0.25) is 5.91 Å². The maximum Gasteiger partial charge on any atom is 0.416 e. The predicted octanol–water partition coefficient (Wildman–Crippen LogP) is 3.49. The molecule has 9 heteroatoms. The molecule has 1 aliphatic heterocycles. The van der Waals surface area contributed by atoms with Crippen LogP contribution in [0.5, 0.6) is 5.75 Å². The van der Waals surface area contributed by atoms with Crippen molar-refractivity contribution in [3.05, 3.63) is 69.8 Å². The van der Waals surface area contributed by atoms with Gasteiger partial charge < -0.3 is 4.74 Å². The van der Waals surface area contributed by atoms with E-state index in [1.165, 1.54) is 38.2 Å². The van der Waals surface area contributed by atoms with Crippen molar-refractivity contribution < 1.29 is 27.9 Å². The van der Waals surface area contributed by atoms with Crippen LogP contribution in [0.25, 0.3) is 5.70 Å². The van der Waals surface area contributed by atoms with Crippen LogP contribution in [0.1, 0.15) is 31.9 Å². The lowest BCUT2D eigenvalue weighted by atomic mass is 9.93. The number of carbonyl (C=O) groups is 1. The summed E-state index contributed by atoms with van der Waals surface area (Å²) in [5.41, 5.74) is -3.12. The first kappa shape index (κ1) is 19.7. The number of aromatic nitrogens is 1. The molecule has 1 aromatic carbocycles. The lowest BCUT2D eigenvalue weighted by Crippen LogP contribution is -2.45. The Morgan fingerprint density at radius 2 is 1.89 bits per heavy atom. The fraction of sp³-hybridized carbons (Fsp3) is 0.263. The van der Waals surface area contributed by atoms with Crippen LogP contribution >= 0.6 is 0 Å². The van der Waals surface area contributed by atoms with Crippen molar-refractivity contribution in [2.45, 2.75) is 32.5 Å². The minimum Gasteiger partial charge on any atom is -0.481 e. The Hall–Kier alpha value is -3.07. The predicted molar refractivity (Wildman–Crippen MR) is 93.5 cm³/mol. The SMILES string of the molecule is CC(=O)N(O)C1=C(n2ccccc2=O)c2cc(C(F)(F)F)ccc2OC1(C)C. The lowest BCUT2D eigenvalue weighted by Gasteiger charge is -2.39. The van der Waals surface area contributed by atoms with E-state index in [0.29, 0.717) is 0 Å². The molecule has 2 aromatic rings. The van der Waals surface area contributed by atoms with Crippen LogP contribution in [0.15, 0.2) is 53.1 Å². The molecular formula is C19H17F3N2O4. The van der Waals surface area contributed by atoms with Crippen LogP contribution in [0.2, 0.25) is 0 Å². The van der Waals surface area contributed by atoms with E-state index in [2.05, 4.69) is 0 Å². The molecule has 0 atom stereocenters. The number of fused-ring (bicyclic) bond motifs is 1. The standard InChI is InChI=1S/C19H17F3N2O4/c1-11(25)24(27)17-16(23-9-5-4-6-15(23)26)13-10-12(19(20,21)22)7-8-14(13)28-18(17,2)3/h4-10,27H,1-3H3. The monoisotopic (exact) mass is 394 g/mol. The number of rotatable bonds is 2. The van der Waals surface area contributed by atoms with E-state index in [9.17, 15) is 28.0 Å². The highest BCUT2D eigenvalue weighted by Gasteiger charge is 2.42. The van der Waals surface area contributed by atoms with Gasteiger partial charge in [-0.15, -0.1) is 0 Å². The number of amides is 1. The van der Waals surface area contributed by atoms with Gasteiger partial charge in [0.05, 0.1) is 11.3 Å². The summed E-state index contributed by atoms with van der Waals surface area (Å²) >= 11 is 0. The topological polar surface area (TPSA) is 71.8 Å². The van der Waals surface area contributed by atoms with Crippen molar-refractivity contribution in [3.63, 3.8) is 0 Å². The molecule has 1 aromatic heterocycles. The number of ether oxygens (including phenoxy) is 1. The average Bonchev–Trinajstić information content (AvgIpc) is 2.58. The molecule has 0 radical (unpaired) electrons. The number of carbonyl (C=O) groups excluding carboxylic acids is 1. The molecule has 0 unspecified atom stereocenters. The van der Waals surface area contributed by atoms with Crippen molar-refractivity contribution in [1.82, 2.24) is 9.63 Å². The summed E-state index contributed by atoms with van der Waals surface area (Å²) < 4.78 is 46.6. The van der Waals surface area contributed by atoms with E-state index in [-0.39, 0.29) is 27.8 Å².